The fourth-order valence-corrected chi connectivity index (χ4v) is 10.9. The van der Waals surface area contributed by atoms with Crippen LogP contribution in [0.15, 0.2) is 151 Å². The van der Waals surface area contributed by atoms with Gasteiger partial charge in [0.1, 0.15) is 28.6 Å². The zero-order valence-electron chi connectivity index (χ0n) is 27.3. The molecule has 0 spiro atoms. The van der Waals surface area contributed by atoms with Gasteiger partial charge in [0.25, 0.3) is 5.56 Å². The molecule has 0 saturated carbocycles. The first-order valence-corrected chi connectivity index (χ1v) is 17.9. The summed E-state index contributed by atoms with van der Waals surface area (Å²) in [5, 5.41) is 4.64. The molecule has 0 radical (unpaired) electrons. The molecule has 244 valence electrons. The van der Waals surface area contributed by atoms with Crippen LogP contribution in [-0.2, 0) is 0 Å². The summed E-state index contributed by atoms with van der Waals surface area (Å²) >= 11 is 0. The van der Waals surface area contributed by atoms with Crippen molar-refractivity contribution < 1.29 is 13.2 Å². The Balaban J connectivity index is 1.45. The Morgan fingerprint density at radius 2 is 1.31 bits per heavy atom. The molecular formula is C40H34F2N4O2Si. The smallest absolute Gasteiger partial charge is 0.319 e. The largest absolute Gasteiger partial charge is 0.534 e. The number of halogens is 2. The third kappa shape index (κ3) is 5.82. The highest BCUT2D eigenvalue weighted by Gasteiger charge is 2.52. The van der Waals surface area contributed by atoms with E-state index >= 15 is 8.78 Å². The van der Waals surface area contributed by atoms with E-state index in [1.54, 1.807) is 35.1 Å². The van der Waals surface area contributed by atoms with Gasteiger partial charge in [0.15, 0.2) is 0 Å². The first kappa shape index (κ1) is 31.8. The van der Waals surface area contributed by atoms with Crippen LogP contribution in [0.1, 0.15) is 20.8 Å². The number of pyridine rings is 1. The van der Waals surface area contributed by atoms with E-state index in [9.17, 15) is 4.79 Å². The Kier molecular flexibility index (Phi) is 8.21. The summed E-state index contributed by atoms with van der Waals surface area (Å²) in [6, 6.07) is 41.8. The fourth-order valence-electron chi connectivity index (χ4n) is 6.54. The van der Waals surface area contributed by atoms with Crippen molar-refractivity contribution in [2.75, 3.05) is 5.32 Å². The first-order valence-electron chi connectivity index (χ1n) is 16.0. The maximum absolute atomic E-state index is 15.9. The van der Waals surface area contributed by atoms with Gasteiger partial charge in [-0.2, -0.15) is 0 Å². The number of anilines is 2. The molecule has 7 aromatic rings. The van der Waals surface area contributed by atoms with Crippen molar-refractivity contribution in [3.63, 3.8) is 0 Å². The molecule has 7 rings (SSSR count). The second-order valence-electron chi connectivity index (χ2n) is 12.9. The molecule has 0 saturated heterocycles. The number of nitrogens with one attached hydrogen (secondary N) is 1. The van der Waals surface area contributed by atoms with Crippen molar-refractivity contribution in [3.8, 4) is 17.1 Å². The van der Waals surface area contributed by atoms with Gasteiger partial charge in [-0.3, -0.25) is 4.79 Å². The molecule has 0 fully saturated rings. The maximum Gasteiger partial charge on any atom is 0.319 e. The number of para-hydroxylation sites is 1. The van der Waals surface area contributed by atoms with Crippen LogP contribution in [0.2, 0.25) is 5.04 Å². The number of hydrogen-bond donors (Lipinski definition) is 1. The molecule has 0 atom stereocenters. The van der Waals surface area contributed by atoms with E-state index in [0.29, 0.717) is 22.7 Å². The normalized spacial score (nSPS) is 11.9. The fraction of sp³-hybridized carbons (Fsp3) is 0.100. The van der Waals surface area contributed by atoms with E-state index < -0.39 is 30.5 Å². The van der Waals surface area contributed by atoms with Crippen LogP contribution < -0.4 is 25.7 Å². The third-order valence-corrected chi connectivity index (χ3v) is 13.6. The van der Waals surface area contributed by atoms with Crippen molar-refractivity contribution in [1.29, 1.82) is 0 Å². The number of nitrogens with zero attached hydrogens (tertiary/aromatic N) is 3. The van der Waals surface area contributed by atoms with Gasteiger partial charge in [0.2, 0.25) is 0 Å². The monoisotopic (exact) mass is 668 g/mol. The number of benzene rings is 5. The molecular weight excluding hydrogens is 635 g/mol. The molecule has 6 nitrogen and oxygen atoms in total. The summed E-state index contributed by atoms with van der Waals surface area (Å²) in [4.78, 5) is 18.5. The highest BCUT2D eigenvalue weighted by Crippen LogP contribution is 2.38. The summed E-state index contributed by atoms with van der Waals surface area (Å²) in [6.07, 6.45) is 1.63. The Labute approximate surface area is 284 Å². The second-order valence-corrected chi connectivity index (χ2v) is 17.1. The van der Waals surface area contributed by atoms with Crippen molar-refractivity contribution in [1.82, 2.24) is 14.3 Å². The van der Waals surface area contributed by atoms with Crippen molar-refractivity contribution in [2.24, 2.45) is 0 Å². The summed E-state index contributed by atoms with van der Waals surface area (Å²) in [5.41, 5.74) is 0.843. The topological polar surface area (TPSA) is 61.1 Å². The van der Waals surface area contributed by atoms with Crippen LogP contribution in [0.4, 0.5) is 20.3 Å². The lowest BCUT2D eigenvalue weighted by Crippen LogP contribution is -2.68. The van der Waals surface area contributed by atoms with E-state index in [4.69, 9.17) is 4.43 Å². The van der Waals surface area contributed by atoms with Crippen molar-refractivity contribution in [3.05, 3.63) is 168 Å². The number of rotatable bonds is 8. The molecule has 49 heavy (non-hydrogen) atoms. The molecule has 0 aliphatic heterocycles. The average Bonchev–Trinajstić information content (AvgIpc) is 3.40. The SMILES string of the molecule is CC(C)(C)[Si](Oc1cc(F)cc(-n2c(=O)c3c(F)cc(Nc4ccccn4)cc3n2-c2ccccc2)c1)(c1ccccc1)c1ccccc1. The molecule has 1 N–H and O–H groups in total. The minimum absolute atomic E-state index is 0.130. The van der Waals surface area contributed by atoms with E-state index in [1.807, 2.05) is 72.8 Å². The van der Waals surface area contributed by atoms with E-state index in [2.05, 4.69) is 55.3 Å². The average molecular weight is 669 g/mol. The quantitative estimate of drug-likeness (QED) is 0.166. The second kappa shape index (κ2) is 12.7. The van der Waals surface area contributed by atoms with Gasteiger partial charge in [0.05, 0.1) is 16.9 Å². The lowest BCUT2D eigenvalue weighted by Gasteiger charge is -2.43. The third-order valence-electron chi connectivity index (χ3n) is 8.63. The highest BCUT2D eigenvalue weighted by atomic mass is 28.4. The number of fused-ring (bicyclic) bond motifs is 1. The van der Waals surface area contributed by atoms with Crippen LogP contribution in [-0.4, -0.2) is 22.7 Å². The van der Waals surface area contributed by atoms with Gasteiger partial charge in [-0.15, -0.1) is 0 Å². The summed E-state index contributed by atoms with van der Waals surface area (Å²) in [6.45, 7) is 6.41. The lowest BCUT2D eigenvalue weighted by atomic mass is 10.2. The molecule has 2 heterocycles. The molecule has 9 heteroatoms. The maximum atomic E-state index is 15.9. The summed E-state index contributed by atoms with van der Waals surface area (Å²) < 4.78 is 41.8. The molecule has 0 aliphatic carbocycles. The van der Waals surface area contributed by atoms with Crippen LogP contribution in [0.5, 0.6) is 5.75 Å². The van der Waals surface area contributed by atoms with Crippen molar-refractivity contribution in [2.45, 2.75) is 25.8 Å². The number of hydrogen-bond acceptors (Lipinski definition) is 4. The Hall–Kier alpha value is -5.80. The zero-order chi connectivity index (χ0) is 34.2. The standard InChI is InChI=1S/C40H34F2N4O2Si/c1-40(2,3)49(33-17-9-5-10-18-33,34-19-11-6-12-20-34)48-32-24-28(41)23-31(27-32)46-39(47)38-35(42)25-29(44-37-21-13-14-22-43-37)26-36(38)45(46)30-15-7-4-8-16-30/h4-27H,1-3H3,(H,43,44). The molecule has 2 aromatic heterocycles. The Morgan fingerprint density at radius 3 is 1.90 bits per heavy atom. The van der Waals surface area contributed by atoms with Gasteiger partial charge in [-0.05, 0) is 57.9 Å². The van der Waals surface area contributed by atoms with Gasteiger partial charge < -0.3 is 9.74 Å². The molecule has 0 amide bonds. The zero-order valence-corrected chi connectivity index (χ0v) is 28.3. The predicted octanol–water partition coefficient (Wildman–Crippen LogP) is 8.14. The van der Waals surface area contributed by atoms with Gasteiger partial charge in [0, 0.05) is 24.0 Å². The molecule has 0 unspecified atom stereocenters. The van der Waals surface area contributed by atoms with Crippen LogP contribution in [0.25, 0.3) is 22.3 Å². The van der Waals surface area contributed by atoms with E-state index in [0.717, 1.165) is 10.4 Å². The van der Waals surface area contributed by atoms with Gasteiger partial charge >= 0.3 is 8.32 Å². The minimum Gasteiger partial charge on any atom is -0.534 e. The van der Waals surface area contributed by atoms with Crippen LogP contribution >= 0.6 is 0 Å². The van der Waals surface area contributed by atoms with E-state index in [-0.39, 0.29) is 16.8 Å². The summed E-state index contributed by atoms with van der Waals surface area (Å²) in [7, 11) is -3.15. The van der Waals surface area contributed by atoms with E-state index in [1.165, 1.54) is 22.9 Å². The molecule has 0 aliphatic rings. The first-order chi connectivity index (χ1) is 23.7. The number of aromatic nitrogens is 3. The predicted molar refractivity (Wildman–Crippen MR) is 195 cm³/mol. The molecule has 5 aromatic carbocycles. The summed E-state index contributed by atoms with van der Waals surface area (Å²) in [5.74, 6) is -0.534. The minimum atomic E-state index is -3.15. The molecule has 0 bridgehead atoms. The van der Waals surface area contributed by atoms with Gasteiger partial charge in [-0.1, -0.05) is 106 Å². The van der Waals surface area contributed by atoms with Gasteiger partial charge in [-0.25, -0.2) is 23.1 Å². The lowest BCUT2D eigenvalue weighted by molar-refractivity contribution is 0.501. The Morgan fingerprint density at radius 1 is 0.694 bits per heavy atom. The van der Waals surface area contributed by atoms with Crippen molar-refractivity contribution >= 4 is 41.1 Å². The Bertz CT molecular complexity index is 2270. The van der Waals surface area contributed by atoms with Crippen LogP contribution in [0, 0.1) is 11.6 Å². The highest BCUT2D eigenvalue weighted by molar-refractivity contribution is 7.00. The van der Waals surface area contributed by atoms with Crippen LogP contribution in [0.3, 0.4) is 0 Å².